The van der Waals surface area contributed by atoms with E-state index in [1.807, 2.05) is 6.92 Å². The highest BCUT2D eigenvalue weighted by molar-refractivity contribution is 5.95. The molecule has 3 saturated heterocycles. The van der Waals surface area contributed by atoms with Crippen LogP contribution in [0.15, 0.2) is 23.8 Å². The molecule has 8 nitrogen and oxygen atoms in total. The van der Waals surface area contributed by atoms with Crippen LogP contribution in [0.2, 0.25) is 0 Å². The largest absolute Gasteiger partial charge is 0.457 e. The van der Waals surface area contributed by atoms with Crippen LogP contribution in [0.1, 0.15) is 46.5 Å². The van der Waals surface area contributed by atoms with Gasteiger partial charge in [0.2, 0.25) is 5.60 Å². The maximum atomic E-state index is 12.8. The van der Waals surface area contributed by atoms with Gasteiger partial charge in [0.1, 0.15) is 18.3 Å². The summed E-state index contributed by atoms with van der Waals surface area (Å²) in [7, 11) is 0. The van der Waals surface area contributed by atoms with Crippen LogP contribution in [0.4, 0.5) is 0 Å². The highest BCUT2D eigenvalue weighted by Crippen LogP contribution is 2.56. The highest BCUT2D eigenvalue weighted by atomic mass is 16.7. The summed E-state index contributed by atoms with van der Waals surface area (Å²) < 4.78 is 22.5. The molecule has 0 amide bonds. The summed E-state index contributed by atoms with van der Waals surface area (Å²) in [6.07, 6.45) is -0.878. The van der Waals surface area contributed by atoms with Gasteiger partial charge in [0.25, 0.3) is 0 Å². The molecule has 0 aromatic rings. The third-order valence-electron chi connectivity index (χ3n) is 6.25. The van der Waals surface area contributed by atoms with Gasteiger partial charge < -0.3 is 24.1 Å². The normalized spacial score (nSPS) is 43.9. The summed E-state index contributed by atoms with van der Waals surface area (Å²) in [5.41, 5.74) is 0.258. The minimum Gasteiger partial charge on any atom is -0.457 e. The Labute approximate surface area is 168 Å². The molecule has 3 fully saturated rings. The van der Waals surface area contributed by atoms with Crippen LogP contribution < -0.4 is 0 Å². The first kappa shape index (κ1) is 20.3. The zero-order valence-electron chi connectivity index (χ0n) is 16.8. The minimum atomic E-state index is -1.78. The number of fused-ring (bicyclic) bond motifs is 2. The van der Waals surface area contributed by atoms with E-state index in [2.05, 4.69) is 6.58 Å². The Balaban J connectivity index is 1.75. The van der Waals surface area contributed by atoms with Gasteiger partial charge in [0, 0.05) is 26.2 Å². The maximum Gasteiger partial charge on any atom is 0.344 e. The molecule has 4 aliphatic heterocycles. The van der Waals surface area contributed by atoms with Gasteiger partial charge in [-0.15, -0.1) is 0 Å². The van der Waals surface area contributed by atoms with Gasteiger partial charge in [-0.1, -0.05) is 17.7 Å². The first-order chi connectivity index (χ1) is 13.5. The Morgan fingerprint density at radius 2 is 2.00 bits per heavy atom. The lowest BCUT2D eigenvalue weighted by Crippen LogP contribution is -2.54. The average Bonchev–Trinajstić information content (AvgIpc) is 3.29. The minimum absolute atomic E-state index is 0.155. The van der Waals surface area contributed by atoms with Crippen molar-refractivity contribution in [1.29, 1.82) is 0 Å². The molecule has 4 heterocycles. The fourth-order valence-electron chi connectivity index (χ4n) is 4.78. The van der Waals surface area contributed by atoms with Gasteiger partial charge in [-0.05, 0) is 32.3 Å². The van der Waals surface area contributed by atoms with E-state index in [-0.39, 0.29) is 18.8 Å². The number of rotatable bonds is 2. The number of hydrogen-bond donors (Lipinski definition) is 1. The molecule has 0 spiro atoms. The lowest BCUT2D eigenvalue weighted by Gasteiger charge is -2.43. The van der Waals surface area contributed by atoms with E-state index in [9.17, 15) is 19.5 Å². The van der Waals surface area contributed by atoms with Crippen molar-refractivity contribution in [2.24, 2.45) is 5.92 Å². The number of carbonyl (C=O) groups is 3. The lowest BCUT2D eigenvalue weighted by molar-refractivity contribution is -0.282. The first-order valence-electron chi connectivity index (χ1n) is 9.87. The number of ether oxygens (including phenoxy) is 4. The Morgan fingerprint density at radius 1 is 1.28 bits per heavy atom. The average molecular weight is 406 g/mol. The topological polar surface area (TPSA) is 112 Å². The van der Waals surface area contributed by atoms with Gasteiger partial charge in [-0.3, -0.25) is 9.59 Å². The van der Waals surface area contributed by atoms with Crippen LogP contribution >= 0.6 is 0 Å². The summed E-state index contributed by atoms with van der Waals surface area (Å²) >= 11 is 0. The predicted molar refractivity (Wildman–Crippen MR) is 98.4 cm³/mol. The highest BCUT2D eigenvalue weighted by Gasteiger charge is 2.78. The summed E-state index contributed by atoms with van der Waals surface area (Å²) in [6.45, 7) is 8.79. The zero-order valence-corrected chi connectivity index (χ0v) is 16.8. The monoisotopic (exact) mass is 406 g/mol. The molecule has 8 heteroatoms. The molecular weight excluding hydrogens is 380 g/mol. The van der Waals surface area contributed by atoms with E-state index in [1.165, 1.54) is 13.0 Å². The quantitative estimate of drug-likeness (QED) is 0.416. The van der Waals surface area contributed by atoms with Crippen molar-refractivity contribution >= 4 is 17.7 Å². The molecule has 4 rings (SSSR count). The van der Waals surface area contributed by atoms with Gasteiger partial charge in [-0.2, -0.15) is 0 Å². The van der Waals surface area contributed by atoms with Crippen molar-refractivity contribution in [1.82, 2.24) is 0 Å². The number of esters is 2. The Kier molecular flexibility index (Phi) is 4.72. The number of ketones is 1. The molecule has 0 aliphatic carbocycles. The Bertz CT molecular complexity index is 815. The van der Waals surface area contributed by atoms with Crippen LogP contribution in [-0.4, -0.2) is 58.6 Å². The first-order valence-corrected chi connectivity index (χ1v) is 9.87. The molecule has 29 heavy (non-hydrogen) atoms. The Morgan fingerprint density at radius 3 is 2.62 bits per heavy atom. The van der Waals surface area contributed by atoms with E-state index < -0.39 is 53.5 Å². The van der Waals surface area contributed by atoms with E-state index in [0.29, 0.717) is 18.4 Å². The van der Waals surface area contributed by atoms with Crippen molar-refractivity contribution in [3.8, 4) is 0 Å². The Hall–Kier alpha value is -2.03. The fraction of sp³-hybridized carbons (Fsp3) is 0.667. The molecule has 4 bridgehead atoms. The van der Waals surface area contributed by atoms with Crippen LogP contribution in [0, 0.1) is 5.92 Å². The number of allylic oxidation sites excluding steroid dienone is 1. The molecule has 0 saturated carbocycles. The second-order valence-corrected chi connectivity index (χ2v) is 8.71. The van der Waals surface area contributed by atoms with Crippen molar-refractivity contribution in [2.75, 3.05) is 0 Å². The standard InChI is InChI=1S/C21H26O8/c1-10(2)13-7-17-21-18(29-21)15(27-19(21)24)6-11(3)5-14(23)16(26-12(4)22)9-20(25,8-13)28-17/h5,13,15-18,25H,1,6-9H2,2-4H3. The van der Waals surface area contributed by atoms with Crippen molar-refractivity contribution in [3.63, 3.8) is 0 Å². The number of aliphatic hydroxyl groups is 1. The third-order valence-corrected chi connectivity index (χ3v) is 6.25. The second kappa shape index (κ2) is 6.75. The summed E-state index contributed by atoms with van der Waals surface area (Å²) in [5.74, 6) is -3.52. The molecular formula is C21H26O8. The number of hydrogen-bond acceptors (Lipinski definition) is 8. The van der Waals surface area contributed by atoms with E-state index in [4.69, 9.17) is 18.9 Å². The number of epoxide rings is 1. The fourth-order valence-corrected chi connectivity index (χ4v) is 4.78. The van der Waals surface area contributed by atoms with Crippen molar-refractivity contribution in [2.45, 2.75) is 82.3 Å². The van der Waals surface area contributed by atoms with E-state index in [1.54, 1.807) is 6.92 Å². The van der Waals surface area contributed by atoms with Gasteiger partial charge >= 0.3 is 11.9 Å². The van der Waals surface area contributed by atoms with Crippen LogP contribution in [0.3, 0.4) is 0 Å². The SMILES string of the molecule is C=C(C)C1CC2OC(O)(C1)CC(OC(C)=O)C(=O)C=C(C)CC1OC(=O)C23OC13. The lowest BCUT2D eigenvalue weighted by atomic mass is 9.78. The third kappa shape index (κ3) is 3.43. The molecule has 0 radical (unpaired) electrons. The van der Waals surface area contributed by atoms with E-state index >= 15 is 0 Å². The smallest absolute Gasteiger partial charge is 0.344 e. The summed E-state index contributed by atoms with van der Waals surface area (Å²) in [4.78, 5) is 37.0. The summed E-state index contributed by atoms with van der Waals surface area (Å²) in [5, 5.41) is 11.3. The molecule has 1 N–H and O–H groups in total. The van der Waals surface area contributed by atoms with Crippen molar-refractivity contribution in [3.05, 3.63) is 23.8 Å². The molecule has 4 aliphatic rings. The summed E-state index contributed by atoms with van der Waals surface area (Å²) in [6, 6.07) is 0. The molecule has 0 aromatic heterocycles. The molecule has 158 valence electrons. The molecule has 7 atom stereocenters. The number of carbonyl (C=O) groups excluding carboxylic acids is 3. The van der Waals surface area contributed by atoms with Gasteiger partial charge in [0.05, 0.1) is 0 Å². The molecule has 7 unspecified atom stereocenters. The zero-order chi connectivity index (χ0) is 21.1. The maximum absolute atomic E-state index is 12.8. The second-order valence-electron chi connectivity index (χ2n) is 8.71. The van der Waals surface area contributed by atoms with Crippen LogP contribution in [-0.2, 0) is 33.3 Å². The van der Waals surface area contributed by atoms with Gasteiger partial charge in [0.15, 0.2) is 17.7 Å². The van der Waals surface area contributed by atoms with Crippen molar-refractivity contribution < 1.29 is 38.4 Å². The van der Waals surface area contributed by atoms with Crippen LogP contribution in [0.25, 0.3) is 0 Å². The van der Waals surface area contributed by atoms with E-state index in [0.717, 1.165) is 5.57 Å². The molecule has 0 aromatic carbocycles. The van der Waals surface area contributed by atoms with Crippen LogP contribution in [0.5, 0.6) is 0 Å². The van der Waals surface area contributed by atoms with Gasteiger partial charge in [-0.25, -0.2) is 4.79 Å². The predicted octanol–water partition coefficient (Wildman–Crippen LogP) is 1.35.